The largest absolute Gasteiger partial charge is 0.445 e. The Bertz CT molecular complexity index is 104. The maximum atomic E-state index is 4.87. The zero-order chi connectivity index (χ0) is 7.82. The lowest BCUT2D eigenvalue weighted by atomic mass is 10.2. The SMILES string of the molecule is C#COCCNCC(C)C. The summed E-state index contributed by atoms with van der Waals surface area (Å²) in [5.74, 6) is 0.686. The molecule has 0 heterocycles. The van der Waals surface area contributed by atoms with Gasteiger partial charge < -0.3 is 10.1 Å². The molecule has 0 atom stereocenters. The molecule has 2 nitrogen and oxygen atoms in total. The van der Waals surface area contributed by atoms with Gasteiger partial charge in [-0.15, -0.1) is 0 Å². The second-order valence-corrected chi connectivity index (χ2v) is 2.56. The maximum absolute atomic E-state index is 4.87. The molecule has 0 aromatic carbocycles. The normalized spacial score (nSPS) is 9.40. The molecule has 0 radical (unpaired) electrons. The number of nitrogens with one attached hydrogen (secondary N) is 1. The van der Waals surface area contributed by atoms with Gasteiger partial charge >= 0.3 is 0 Å². The van der Waals surface area contributed by atoms with Crippen LogP contribution in [0.4, 0.5) is 0 Å². The molecule has 0 amide bonds. The second kappa shape index (κ2) is 6.44. The van der Waals surface area contributed by atoms with Gasteiger partial charge in [0, 0.05) is 6.54 Å². The Morgan fingerprint density at radius 3 is 2.80 bits per heavy atom. The number of rotatable bonds is 5. The fourth-order valence-corrected chi connectivity index (χ4v) is 0.573. The molecule has 0 aromatic rings. The molecule has 0 unspecified atom stereocenters. The first-order valence-electron chi connectivity index (χ1n) is 3.55. The molecule has 0 rings (SSSR count). The lowest BCUT2D eigenvalue weighted by Gasteiger charge is -2.05. The van der Waals surface area contributed by atoms with Crippen LogP contribution < -0.4 is 5.32 Å². The Kier molecular flexibility index (Phi) is 6.00. The van der Waals surface area contributed by atoms with Crippen molar-refractivity contribution in [2.45, 2.75) is 13.8 Å². The van der Waals surface area contributed by atoms with E-state index >= 15 is 0 Å². The highest BCUT2D eigenvalue weighted by molar-refractivity contribution is 4.68. The Morgan fingerprint density at radius 2 is 2.30 bits per heavy atom. The quantitative estimate of drug-likeness (QED) is 0.452. The molecule has 0 saturated heterocycles. The van der Waals surface area contributed by atoms with E-state index in [1.54, 1.807) is 0 Å². The van der Waals surface area contributed by atoms with Crippen molar-refractivity contribution in [3.05, 3.63) is 0 Å². The Morgan fingerprint density at radius 1 is 1.60 bits per heavy atom. The average Bonchev–Trinajstić information content (AvgIpc) is 1.87. The van der Waals surface area contributed by atoms with Crippen LogP contribution in [0.2, 0.25) is 0 Å². The zero-order valence-electron chi connectivity index (χ0n) is 6.68. The van der Waals surface area contributed by atoms with Crippen LogP contribution in [0.15, 0.2) is 0 Å². The Hall–Kier alpha value is -0.680. The minimum Gasteiger partial charge on any atom is -0.445 e. The number of terminal acetylenes is 1. The van der Waals surface area contributed by atoms with Crippen LogP contribution in [0.25, 0.3) is 0 Å². The summed E-state index contributed by atoms with van der Waals surface area (Å²) >= 11 is 0. The monoisotopic (exact) mass is 141 g/mol. The van der Waals surface area contributed by atoms with Crippen molar-refractivity contribution < 1.29 is 4.74 Å². The Balaban J connectivity index is 2.86. The number of hydrogen-bond acceptors (Lipinski definition) is 2. The summed E-state index contributed by atoms with van der Waals surface area (Å²) in [6, 6.07) is 0. The van der Waals surface area contributed by atoms with E-state index in [4.69, 9.17) is 6.42 Å². The van der Waals surface area contributed by atoms with Gasteiger partial charge in [0.15, 0.2) is 0 Å². The van der Waals surface area contributed by atoms with Crippen LogP contribution in [0, 0.1) is 18.4 Å². The van der Waals surface area contributed by atoms with E-state index in [-0.39, 0.29) is 0 Å². The summed E-state index contributed by atoms with van der Waals surface area (Å²) in [6.07, 6.45) is 6.99. The summed E-state index contributed by atoms with van der Waals surface area (Å²) < 4.78 is 4.68. The van der Waals surface area contributed by atoms with Crippen LogP contribution >= 0.6 is 0 Å². The standard InChI is InChI=1S/C8H15NO/c1-4-10-6-5-9-7-8(2)3/h1,8-9H,5-7H2,2-3H3. The minimum atomic E-state index is 0.600. The van der Waals surface area contributed by atoms with Gasteiger partial charge in [-0.25, -0.2) is 0 Å². The van der Waals surface area contributed by atoms with Crippen molar-refractivity contribution in [1.29, 1.82) is 0 Å². The summed E-state index contributed by atoms with van der Waals surface area (Å²) in [6.45, 7) is 6.78. The second-order valence-electron chi connectivity index (χ2n) is 2.56. The average molecular weight is 141 g/mol. The molecule has 0 aromatic heterocycles. The van der Waals surface area contributed by atoms with Crippen molar-refractivity contribution in [2.24, 2.45) is 5.92 Å². The van der Waals surface area contributed by atoms with Gasteiger partial charge in [0.1, 0.15) is 12.7 Å². The summed E-state index contributed by atoms with van der Waals surface area (Å²) in [7, 11) is 0. The van der Waals surface area contributed by atoms with Crippen molar-refractivity contribution in [1.82, 2.24) is 5.32 Å². The van der Waals surface area contributed by atoms with E-state index in [0.29, 0.717) is 12.5 Å². The third-order valence-electron chi connectivity index (χ3n) is 1.02. The molecule has 0 aliphatic rings. The van der Waals surface area contributed by atoms with E-state index in [9.17, 15) is 0 Å². The summed E-state index contributed by atoms with van der Waals surface area (Å²) in [5.41, 5.74) is 0. The highest BCUT2D eigenvalue weighted by Crippen LogP contribution is 1.85. The van der Waals surface area contributed by atoms with Gasteiger partial charge in [-0.3, -0.25) is 0 Å². The minimum absolute atomic E-state index is 0.600. The molecular weight excluding hydrogens is 126 g/mol. The predicted molar refractivity (Wildman–Crippen MR) is 42.5 cm³/mol. The molecule has 2 heteroatoms. The van der Waals surface area contributed by atoms with Gasteiger partial charge in [-0.1, -0.05) is 20.3 Å². The highest BCUT2D eigenvalue weighted by Gasteiger charge is 1.90. The maximum Gasteiger partial charge on any atom is 0.112 e. The predicted octanol–water partition coefficient (Wildman–Crippen LogP) is 0.839. The van der Waals surface area contributed by atoms with Crippen LogP contribution in [-0.4, -0.2) is 19.7 Å². The molecule has 0 aliphatic carbocycles. The van der Waals surface area contributed by atoms with Gasteiger partial charge in [-0.2, -0.15) is 0 Å². The van der Waals surface area contributed by atoms with Crippen LogP contribution in [-0.2, 0) is 4.74 Å². The topological polar surface area (TPSA) is 21.3 Å². The van der Waals surface area contributed by atoms with Gasteiger partial charge in [-0.05, 0) is 12.5 Å². The van der Waals surface area contributed by atoms with Crippen molar-refractivity contribution in [3.8, 4) is 12.5 Å². The van der Waals surface area contributed by atoms with Crippen LogP contribution in [0.1, 0.15) is 13.8 Å². The smallest absolute Gasteiger partial charge is 0.112 e. The first kappa shape index (κ1) is 9.32. The molecule has 1 N–H and O–H groups in total. The van der Waals surface area contributed by atoms with E-state index in [1.165, 1.54) is 0 Å². The summed E-state index contributed by atoms with van der Waals surface area (Å²) in [5, 5.41) is 3.20. The van der Waals surface area contributed by atoms with Crippen molar-refractivity contribution in [3.63, 3.8) is 0 Å². The molecule has 0 fully saturated rings. The van der Waals surface area contributed by atoms with Crippen molar-refractivity contribution in [2.75, 3.05) is 19.7 Å². The third-order valence-corrected chi connectivity index (χ3v) is 1.02. The lowest BCUT2D eigenvalue weighted by molar-refractivity contribution is 0.274. The molecule has 0 saturated carbocycles. The number of ether oxygens (including phenoxy) is 1. The fraction of sp³-hybridized carbons (Fsp3) is 0.750. The summed E-state index contributed by atoms with van der Waals surface area (Å²) in [4.78, 5) is 0. The lowest BCUT2D eigenvalue weighted by Crippen LogP contribution is -2.23. The molecule has 0 aliphatic heterocycles. The van der Waals surface area contributed by atoms with Crippen molar-refractivity contribution >= 4 is 0 Å². The molecular formula is C8H15NO. The van der Waals surface area contributed by atoms with Crippen LogP contribution in [0.3, 0.4) is 0 Å². The van der Waals surface area contributed by atoms with Gasteiger partial charge in [0.2, 0.25) is 0 Å². The molecule has 0 spiro atoms. The van der Waals surface area contributed by atoms with E-state index in [0.717, 1.165) is 13.1 Å². The third kappa shape index (κ3) is 7.32. The molecule has 58 valence electrons. The van der Waals surface area contributed by atoms with Gasteiger partial charge in [0.25, 0.3) is 0 Å². The van der Waals surface area contributed by atoms with E-state index in [1.807, 2.05) is 0 Å². The Labute approximate surface area is 63.0 Å². The first-order valence-corrected chi connectivity index (χ1v) is 3.55. The first-order chi connectivity index (χ1) is 4.77. The van der Waals surface area contributed by atoms with Gasteiger partial charge in [0.05, 0.1) is 0 Å². The highest BCUT2D eigenvalue weighted by atomic mass is 16.5. The molecule has 0 bridgehead atoms. The zero-order valence-corrected chi connectivity index (χ0v) is 6.68. The van der Waals surface area contributed by atoms with E-state index in [2.05, 4.69) is 30.0 Å². The number of hydrogen-bond donors (Lipinski definition) is 1. The fourth-order valence-electron chi connectivity index (χ4n) is 0.573. The van der Waals surface area contributed by atoms with Crippen LogP contribution in [0.5, 0.6) is 0 Å². The molecule has 10 heavy (non-hydrogen) atoms. The van der Waals surface area contributed by atoms with E-state index < -0.39 is 0 Å².